The molecule has 1 aliphatic heterocycles. The van der Waals surface area contributed by atoms with Gasteiger partial charge in [0.25, 0.3) is 0 Å². The van der Waals surface area contributed by atoms with Crippen LogP contribution < -0.4 is 16.0 Å². The van der Waals surface area contributed by atoms with Gasteiger partial charge in [-0.25, -0.2) is 0 Å². The molecule has 1 heterocycles. The molecule has 1 aromatic carbocycles. The summed E-state index contributed by atoms with van der Waals surface area (Å²) in [5.41, 5.74) is 0.807. The molecule has 0 radical (unpaired) electrons. The second-order valence-corrected chi connectivity index (χ2v) is 5.16. The van der Waals surface area contributed by atoms with Crippen molar-refractivity contribution in [1.29, 1.82) is 0 Å². The van der Waals surface area contributed by atoms with Gasteiger partial charge < -0.3 is 16.0 Å². The number of guanidine groups is 1. The molecule has 0 saturated heterocycles. The molecule has 3 N–H and O–H groups in total. The van der Waals surface area contributed by atoms with E-state index in [2.05, 4.69) is 36.9 Å². The Hall–Kier alpha value is -1.56. The maximum absolute atomic E-state index is 11.7. The largest absolute Gasteiger partial charge is 0.356 e. The number of aliphatic imine (C=N–C) groups is 1. The first-order chi connectivity index (χ1) is 9.24. The highest BCUT2D eigenvalue weighted by atomic mass is 79.9. The first-order valence-corrected chi connectivity index (χ1v) is 7.11. The normalized spacial score (nSPS) is 14.3. The van der Waals surface area contributed by atoms with Crippen LogP contribution in [0.1, 0.15) is 12.8 Å². The Bertz CT molecular complexity index is 458. The van der Waals surface area contributed by atoms with Crippen LogP contribution in [0, 0.1) is 0 Å². The quantitative estimate of drug-likeness (QED) is 0.790. The van der Waals surface area contributed by atoms with E-state index in [4.69, 9.17) is 0 Å². The van der Waals surface area contributed by atoms with Gasteiger partial charge in [-0.1, -0.05) is 15.9 Å². The number of benzene rings is 1. The minimum Gasteiger partial charge on any atom is -0.356 e. The molecule has 1 amide bonds. The van der Waals surface area contributed by atoms with Gasteiger partial charge in [-0.15, -0.1) is 0 Å². The first kappa shape index (κ1) is 13.9. The third-order valence-corrected chi connectivity index (χ3v) is 3.20. The Morgan fingerprint density at radius 2 is 2.16 bits per heavy atom. The lowest BCUT2D eigenvalue weighted by Crippen LogP contribution is -2.41. The van der Waals surface area contributed by atoms with Gasteiger partial charge in [0.15, 0.2) is 5.96 Å². The third-order valence-electron chi connectivity index (χ3n) is 2.67. The summed E-state index contributed by atoms with van der Waals surface area (Å²) in [5, 5.41) is 9.12. The zero-order valence-corrected chi connectivity index (χ0v) is 12.2. The predicted octanol–water partition coefficient (Wildman–Crippen LogP) is 1.72. The fourth-order valence-corrected chi connectivity index (χ4v) is 1.97. The second kappa shape index (κ2) is 7.13. The van der Waals surface area contributed by atoms with Crippen molar-refractivity contribution in [2.24, 2.45) is 4.99 Å². The van der Waals surface area contributed by atoms with Gasteiger partial charge in [0.05, 0.1) is 0 Å². The lowest BCUT2D eigenvalue weighted by Gasteiger charge is -2.15. The highest BCUT2D eigenvalue weighted by molar-refractivity contribution is 9.10. The molecule has 0 unspecified atom stereocenters. The van der Waals surface area contributed by atoms with E-state index in [1.807, 2.05) is 24.3 Å². The molecule has 19 heavy (non-hydrogen) atoms. The number of rotatable bonds is 4. The van der Waals surface area contributed by atoms with Crippen LogP contribution in [0.25, 0.3) is 0 Å². The van der Waals surface area contributed by atoms with Gasteiger partial charge in [-0.3, -0.25) is 9.79 Å². The number of hydrogen-bond donors (Lipinski definition) is 3. The van der Waals surface area contributed by atoms with Crippen molar-refractivity contribution in [1.82, 2.24) is 10.6 Å². The zero-order chi connectivity index (χ0) is 13.5. The average molecular weight is 325 g/mol. The van der Waals surface area contributed by atoms with E-state index in [1.54, 1.807) is 0 Å². The standard InChI is InChI=1S/C13H17BrN4O/c14-10-2-4-11(5-3-10)18-12(19)6-9-17-13-15-7-1-8-16-13/h2-5H,1,6-9H2,(H,18,19)(H2,15,16,17). The minimum absolute atomic E-state index is 0.00812. The van der Waals surface area contributed by atoms with E-state index in [0.29, 0.717) is 13.0 Å². The maximum Gasteiger partial charge on any atom is 0.226 e. The Labute approximate surface area is 121 Å². The van der Waals surface area contributed by atoms with Crippen LogP contribution in [0.5, 0.6) is 0 Å². The van der Waals surface area contributed by atoms with Crippen molar-refractivity contribution in [2.75, 3.05) is 25.0 Å². The van der Waals surface area contributed by atoms with Crippen molar-refractivity contribution in [3.8, 4) is 0 Å². The van der Waals surface area contributed by atoms with Crippen LogP contribution >= 0.6 is 15.9 Å². The molecule has 1 aliphatic rings. The molecule has 2 rings (SSSR count). The van der Waals surface area contributed by atoms with Gasteiger partial charge in [0.1, 0.15) is 0 Å². The summed E-state index contributed by atoms with van der Waals surface area (Å²) in [5.74, 6) is 0.786. The SMILES string of the molecule is O=C(CCNC1=NCCCN1)Nc1ccc(Br)cc1. The van der Waals surface area contributed by atoms with Crippen molar-refractivity contribution in [3.63, 3.8) is 0 Å². The molecule has 0 bridgehead atoms. The lowest BCUT2D eigenvalue weighted by molar-refractivity contribution is -0.116. The molecule has 0 fully saturated rings. The Kier molecular flexibility index (Phi) is 5.20. The van der Waals surface area contributed by atoms with Crippen LogP contribution in [0.2, 0.25) is 0 Å². The molecule has 0 atom stereocenters. The van der Waals surface area contributed by atoms with Gasteiger partial charge in [-0.2, -0.15) is 0 Å². The summed E-state index contributed by atoms with van der Waals surface area (Å²) in [6.45, 7) is 2.37. The van der Waals surface area contributed by atoms with E-state index in [9.17, 15) is 4.79 Å². The van der Waals surface area contributed by atoms with Gasteiger partial charge >= 0.3 is 0 Å². The summed E-state index contributed by atoms with van der Waals surface area (Å²) in [7, 11) is 0. The number of amides is 1. The minimum atomic E-state index is -0.00812. The van der Waals surface area contributed by atoms with Crippen molar-refractivity contribution < 1.29 is 4.79 Å². The van der Waals surface area contributed by atoms with E-state index in [-0.39, 0.29) is 5.91 Å². The number of carbonyl (C=O) groups excluding carboxylic acids is 1. The number of halogens is 1. The summed E-state index contributed by atoms with van der Waals surface area (Å²) in [6, 6.07) is 7.52. The van der Waals surface area contributed by atoms with Crippen molar-refractivity contribution in [2.45, 2.75) is 12.8 Å². The number of carbonyl (C=O) groups is 1. The third kappa shape index (κ3) is 4.90. The Morgan fingerprint density at radius 1 is 1.37 bits per heavy atom. The predicted molar refractivity (Wildman–Crippen MR) is 80.3 cm³/mol. The van der Waals surface area contributed by atoms with E-state index >= 15 is 0 Å². The highest BCUT2D eigenvalue weighted by Gasteiger charge is 2.05. The topological polar surface area (TPSA) is 65.5 Å². The summed E-state index contributed by atoms with van der Waals surface area (Å²) >= 11 is 3.35. The highest BCUT2D eigenvalue weighted by Crippen LogP contribution is 2.14. The average Bonchev–Trinajstić information content (AvgIpc) is 2.43. The van der Waals surface area contributed by atoms with Crippen LogP contribution in [0.4, 0.5) is 5.69 Å². The van der Waals surface area contributed by atoms with E-state index in [0.717, 1.165) is 35.6 Å². The molecule has 0 spiro atoms. The number of hydrogen-bond acceptors (Lipinski definition) is 4. The molecule has 6 heteroatoms. The summed E-state index contributed by atoms with van der Waals surface area (Å²) in [6.07, 6.45) is 1.48. The van der Waals surface area contributed by atoms with Crippen molar-refractivity contribution in [3.05, 3.63) is 28.7 Å². The number of anilines is 1. The van der Waals surface area contributed by atoms with E-state index < -0.39 is 0 Å². The van der Waals surface area contributed by atoms with Crippen LogP contribution in [-0.4, -0.2) is 31.5 Å². The molecule has 0 saturated carbocycles. The molecular weight excluding hydrogens is 308 g/mol. The lowest BCUT2D eigenvalue weighted by atomic mass is 10.3. The van der Waals surface area contributed by atoms with Crippen LogP contribution in [0.3, 0.4) is 0 Å². The first-order valence-electron chi connectivity index (χ1n) is 6.31. The van der Waals surface area contributed by atoms with Gasteiger partial charge in [0, 0.05) is 36.2 Å². The van der Waals surface area contributed by atoms with Gasteiger partial charge in [0.2, 0.25) is 5.91 Å². The Balaban J connectivity index is 1.69. The Morgan fingerprint density at radius 3 is 2.84 bits per heavy atom. The van der Waals surface area contributed by atoms with Crippen LogP contribution in [0.15, 0.2) is 33.7 Å². The van der Waals surface area contributed by atoms with Crippen molar-refractivity contribution >= 4 is 33.5 Å². The monoisotopic (exact) mass is 324 g/mol. The smallest absolute Gasteiger partial charge is 0.226 e. The molecule has 0 aromatic heterocycles. The molecule has 0 aliphatic carbocycles. The molecule has 1 aromatic rings. The fourth-order valence-electron chi connectivity index (χ4n) is 1.70. The van der Waals surface area contributed by atoms with Crippen LogP contribution in [-0.2, 0) is 4.79 Å². The van der Waals surface area contributed by atoms with E-state index in [1.165, 1.54) is 0 Å². The van der Waals surface area contributed by atoms with Gasteiger partial charge in [-0.05, 0) is 30.7 Å². The fraction of sp³-hybridized carbons (Fsp3) is 0.385. The molecular formula is C13H17BrN4O. The summed E-state index contributed by atoms with van der Waals surface area (Å²) < 4.78 is 0.994. The molecule has 102 valence electrons. The summed E-state index contributed by atoms with van der Waals surface area (Å²) in [4.78, 5) is 16.0. The number of nitrogens with zero attached hydrogens (tertiary/aromatic N) is 1. The molecule has 5 nitrogen and oxygen atoms in total. The zero-order valence-electron chi connectivity index (χ0n) is 10.6. The number of nitrogens with one attached hydrogen (secondary N) is 3. The maximum atomic E-state index is 11.7. The second-order valence-electron chi connectivity index (χ2n) is 4.24.